The van der Waals surface area contributed by atoms with E-state index >= 15 is 0 Å². The Morgan fingerprint density at radius 1 is 1.24 bits per heavy atom. The predicted molar refractivity (Wildman–Crippen MR) is 117 cm³/mol. The number of pyridine rings is 1. The number of benzene rings is 1. The third kappa shape index (κ3) is 7.10. The molecule has 0 saturated carbocycles. The lowest BCUT2D eigenvalue weighted by Crippen LogP contribution is -2.45. The van der Waals surface area contributed by atoms with E-state index in [4.69, 9.17) is 27.9 Å². The number of rotatable bonds is 7. The molecule has 12 heteroatoms. The molecule has 1 atom stereocenters. The molecular formula is C21H22Cl2F3N3O4. The summed E-state index contributed by atoms with van der Waals surface area (Å²) in [4.78, 5) is 27.4. The van der Waals surface area contributed by atoms with E-state index in [1.165, 1.54) is 0 Å². The molecule has 0 bridgehead atoms. The van der Waals surface area contributed by atoms with Crippen LogP contribution in [0.2, 0.25) is 10.0 Å². The van der Waals surface area contributed by atoms with E-state index in [0.29, 0.717) is 54.0 Å². The van der Waals surface area contributed by atoms with Gasteiger partial charge in [0.05, 0.1) is 27.3 Å². The summed E-state index contributed by atoms with van der Waals surface area (Å²) in [5.74, 6) is -0.419. The number of aromatic amines is 1. The molecule has 0 spiro atoms. The second-order valence-corrected chi connectivity index (χ2v) is 8.49. The number of β-amino-alcohol motifs (C(OH)–C–C–N with tert-alkyl or cyclic N) is 1. The van der Waals surface area contributed by atoms with Crippen molar-refractivity contribution in [2.75, 3.05) is 26.2 Å². The number of piperidine rings is 1. The number of hydrogen-bond donors (Lipinski definition) is 3. The van der Waals surface area contributed by atoms with Crippen molar-refractivity contribution in [2.24, 2.45) is 0 Å². The fraction of sp³-hybridized carbons (Fsp3) is 0.429. The number of carbonyl (C=O) groups is 1. The van der Waals surface area contributed by atoms with Crippen LogP contribution in [0.3, 0.4) is 0 Å². The van der Waals surface area contributed by atoms with E-state index in [9.17, 15) is 27.9 Å². The predicted octanol–water partition coefficient (Wildman–Crippen LogP) is 3.33. The van der Waals surface area contributed by atoms with Gasteiger partial charge in [0.1, 0.15) is 11.9 Å². The number of amides is 1. The Bertz CT molecular complexity index is 1040. The van der Waals surface area contributed by atoms with Gasteiger partial charge in [-0.25, -0.2) is 0 Å². The largest absolute Gasteiger partial charge is 0.490 e. The maximum Gasteiger partial charge on any atom is 0.417 e. The monoisotopic (exact) mass is 507 g/mol. The summed E-state index contributed by atoms with van der Waals surface area (Å²) < 4.78 is 45.2. The number of carbonyl (C=O) groups excluding carboxylic acids is 1. The Hall–Kier alpha value is -2.27. The average molecular weight is 508 g/mol. The zero-order valence-corrected chi connectivity index (χ0v) is 18.8. The van der Waals surface area contributed by atoms with Crippen molar-refractivity contribution < 1.29 is 27.8 Å². The highest BCUT2D eigenvalue weighted by Gasteiger charge is 2.36. The van der Waals surface area contributed by atoms with Gasteiger partial charge < -0.3 is 25.0 Å². The molecule has 1 aromatic heterocycles. The Labute approximate surface area is 197 Å². The molecule has 3 N–H and O–H groups in total. The number of halogens is 5. The molecule has 1 aliphatic heterocycles. The smallest absolute Gasteiger partial charge is 0.417 e. The number of aliphatic hydroxyl groups excluding tert-OH is 1. The van der Waals surface area contributed by atoms with Crippen LogP contribution in [0.5, 0.6) is 5.75 Å². The molecule has 1 fully saturated rings. The number of likely N-dealkylation sites (tertiary alicyclic amines) is 1. The van der Waals surface area contributed by atoms with Crippen molar-refractivity contribution in [3.05, 3.63) is 62.0 Å². The van der Waals surface area contributed by atoms with Crippen molar-refractivity contribution in [1.29, 1.82) is 0 Å². The van der Waals surface area contributed by atoms with Gasteiger partial charge >= 0.3 is 6.18 Å². The number of aliphatic hydroxyl groups is 1. The first-order chi connectivity index (χ1) is 15.5. The average Bonchev–Trinajstić information content (AvgIpc) is 2.75. The highest BCUT2D eigenvalue weighted by atomic mass is 35.5. The number of H-pyrrole nitrogens is 1. The van der Waals surface area contributed by atoms with Crippen LogP contribution in [0, 0.1) is 0 Å². The van der Waals surface area contributed by atoms with Gasteiger partial charge in [-0.3, -0.25) is 9.59 Å². The van der Waals surface area contributed by atoms with Gasteiger partial charge in [-0.1, -0.05) is 23.2 Å². The van der Waals surface area contributed by atoms with Crippen molar-refractivity contribution in [3.8, 4) is 5.75 Å². The molecule has 0 radical (unpaired) electrons. The lowest BCUT2D eigenvalue weighted by Gasteiger charge is -2.33. The molecule has 1 aliphatic rings. The topological polar surface area (TPSA) is 94.7 Å². The van der Waals surface area contributed by atoms with E-state index in [-0.39, 0.29) is 19.2 Å². The van der Waals surface area contributed by atoms with E-state index < -0.39 is 34.9 Å². The maximum absolute atomic E-state index is 13.1. The van der Waals surface area contributed by atoms with Crippen LogP contribution in [-0.4, -0.2) is 59.3 Å². The summed E-state index contributed by atoms with van der Waals surface area (Å²) in [6.07, 6.45) is -3.76. The van der Waals surface area contributed by atoms with Gasteiger partial charge in [0, 0.05) is 44.5 Å². The zero-order valence-electron chi connectivity index (χ0n) is 17.3. The number of nitrogens with one attached hydrogen (secondary N) is 2. The molecule has 33 heavy (non-hydrogen) atoms. The standard InChI is InChI=1S/C21H22Cl2F3N3O4/c22-17-2-1-14(7-18(17)23)33-13-3-5-29(6-4-13)11-12(30)9-28-20(32)15-10-27-19(31)8-16(15)21(24,25)26/h1-2,7-8,10,12-13,30H,3-6,9,11H2,(H,27,31)(H,28,32)/t12-/m1/s1. The van der Waals surface area contributed by atoms with Gasteiger partial charge in [-0.2, -0.15) is 13.2 Å². The number of ether oxygens (including phenoxy) is 1. The Balaban J connectivity index is 1.45. The maximum atomic E-state index is 13.1. The second kappa shape index (κ2) is 10.8. The van der Waals surface area contributed by atoms with Crippen molar-refractivity contribution in [1.82, 2.24) is 15.2 Å². The van der Waals surface area contributed by atoms with Gasteiger partial charge in [-0.15, -0.1) is 0 Å². The quantitative estimate of drug-likeness (QED) is 0.534. The molecule has 0 aliphatic carbocycles. The first-order valence-electron chi connectivity index (χ1n) is 10.1. The first kappa shape index (κ1) is 25.4. The van der Waals surface area contributed by atoms with Gasteiger partial charge in [0.25, 0.3) is 5.91 Å². The van der Waals surface area contributed by atoms with E-state index in [2.05, 4.69) is 10.3 Å². The minimum atomic E-state index is -4.86. The van der Waals surface area contributed by atoms with Crippen molar-refractivity contribution in [3.63, 3.8) is 0 Å². The van der Waals surface area contributed by atoms with Crippen molar-refractivity contribution >= 4 is 29.1 Å². The van der Waals surface area contributed by atoms with Crippen LogP contribution in [0.15, 0.2) is 35.3 Å². The normalized spacial score (nSPS) is 16.4. The van der Waals surface area contributed by atoms with Gasteiger partial charge in [0.2, 0.25) is 5.56 Å². The van der Waals surface area contributed by atoms with Crippen LogP contribution in [0.4, 0.5) is 13.2 Å². The molecule has 180 valence electrons. The molecule has 1 saturated heterocycles. The zero-order chi connectivity index (χ0) is 24.2. The van der Waals surface area contributed by atoms with E-state index in [0.717, 1.165) is 0 Å². The van der Waals surface area contributed by atoms with E-state index in [1.807, 2.05) is 4.90 Å². The van der Waals surface area contributed by atoms with Crippen LogP contribution in [-0.2, 0) is 6.18 Å². The highest BCUT2D eigenvalue weighted by Crippen LogP contribution is 2.31. The highest BCUT2D eigenvalue weighted by molar-refractivity contribution is 6.42. The summed E-state index contributed by atoms with van der Waals surface area (Å²) >= 11 is 11.9. The summed E-state index contributed by atoms with van der Waals surface area (Å²) in [5.41, 5.74) is -3.01. The summed E-state index contributed by atoms with van der Waals surface area (Å²) in [6.45, 7) is 1.26. The minimum Gasteiger partial charge on any atom is -0.490 e. The number of nitrogens with zero attached hydrogens (tertiary/aromatic N) is 1. The lowest BCUT2D eigenvalue weighted by atomic mass is 10.1. The molecule has 2 heterocycles. The van der Waals surface area contributed by atoms with Crippen LogP contribution in [0.25, 0.3) is 0 Å². The minimum absolute atomic E-state index is 0.0311. The first-order valence-corrected chi connectivity index (χ1v) is 10.9. The second-order valence-electron chi connectivity index (χ2n) is 7.68. The van der Waals surface area contributed by atoms with Crippen LogP contribution >= 0.6 is 23.2 Å². The Kier molecular flexibility index (Phi) is 8.28. The molecule has 2 aromatic rings. The molecule has 0 unspecified atom stereocenters. The van der Waals surface area contributed by atoms with Gasteiger partial charge in [0.15, 0.2) is 0 Å². The summed E-state index contributed by atoms with van der Waals surface area (Å²) in [7, 11) is 0. The summed E-state index contributed by atoms with van der Waals surface area (Å²) in [5, 5.41) is 13.4. The third-order valence-electron chi connectivity index (χ3n) is 5.17. The number of aromatic nitrogens is 1. The van der Waals surface area contributed by atoms with Gasteiger partial charge in [-0.05, 0) is 25.0 Å². The fourth-order valence-electron chi connectivity index (χ4n) is 3.51. The molecule has 3 rings (SSSR count). The number of alkyl halides is 3. The molecule has 7 nitrogen and oxygen atoms in total. The Morgan fingerprint density at radius 3 is 2.58 bits per heavy atom. The third-order valence-corrected chi connectivity index (χ3v) is 5.91. The van der Waals surface area contributed by atoms with Crippen LogP contribution < -0.4 is 15.6 Å². The molecule has 1 amide bonds. The van der Waals surface area contributed by atoms with E-state index in [1.54, 1.807) is 18.2 Å². The number of hydrogen-bond acceptors (Lipinski definition) is 5. The fourth-order valence-corrected chi connectivity index (χ4v) is 3.80. The Morgan fingerprint density at radius 2 is 1.94 bits per heavy atom. The van der Waals surface area contributed by atoms with Crippen molar-refractivity contribution in [2.45, 2.75) is 31.2 Å². The molecule has 1 aromatic carbocycles. The lowest BCUT2D eigenvalue weighted by molar-refractivity contribution is -0.138. The SMILES string of the molecule is O=C(NC[C@@H](O)CN1CCC(Oc2ccc(Cl)c(Cl)c2)CC1)c1c[nH]c(=O)cc1C(F)(F)F. The summed E-state index contributed by atoms with van der Waals surface area (Å²) in [6, 6.07) is 5.37. The molecular weight excluding hydrogens is 486 g/mol. The van der Waals surface area contributed by atoms with Crippen LogP contribution in [0.1, 0.15) is 28.8 Å².